The molecule has 0 spiro atoms. The Morgan fingerprint density at radius 2 is 1.16 bits per heavy atom. The summed E-state index contributed by atoms with van der Waals surface area (Å²) in [6.45, 7) is 0. The molecule has 2 aliphatic rings. The molecule has 0 amide bonds. The van der Waals surface area contributed by atoms with Gasteiger partial charge >= 0.3 is 0 Å². The van der Waals surface area contributed by atoms with Gasteiger partial charge in [-0.05, 0) is 82.3 Å². The smallest absolute Gasteiger partial charge is 0.160 e. The summed E-state index contributed by atoms with van der Waals surface area (Å²) in [5, 5.41) is 4.78. The normalized spacial score (nSPS) is 14.8. The van der Waals surface area contributed by atoms with E-state index in [1.54, 1.807) is 0 Å². The number of rotatable bonds is 5. The van der Waals surface area contributed by atoms with Crippen LogP contribution in [0.3, 0.4) is 0 Å². The Morgan fingerprint density at radius 3 is 2.02 bits per heavy atom. The number of para-hydroxylation sites is 3. The van der Waals surface area contributed by atoms with Gasteiger partial charge in [0.1, 0.15) is 5.58 Å². The van der Waals surface area contributed by atoms with E-state index < -0.39 is 0 Å². The van der Waals surface area contributed by atoms with Crippen LogP contribution in [0.5, 0.6) is 0 Å². The molecule has 1 aliphatic heterocycles. The van der Waals surface area contributed by atoms with Crippen molar-refractivity contribution < 1.29 is 4.42 Å². The Hall–Kier alpha value is -7.36. The molecule has 10 aromatic rings. The van der Waals surface area contributed by atoms with Gasteiger partial charge in [0.25, 0.3) is 0 Å². The predicted octanol–water partition coefficient (Wildman–Crippen LogP) is 14.8. The number of nitrogens with zero attached hydrogens (tertiary/aromatic N) is 2. The highest BCUT2D eigenvalue weighted by Gasteiger charge is 2.38. The fraction of sp³-hybridized carbons (Fsp3) is 0.0370. The maximum atomic E-state index is 6.85. The van der Waals surface area contributed by atoms with E-state index in [0.29, 0.717) is 0 Å². The minimum atomic E-state index is 0.204. The Kier molecular flexibility index (Phi) is 7.05. The van der Waals surface area contributed by atoms with E-state index in [1.165, 1.54) is 77.8 Å². The van der Waals surface area contributed by atoms with Crippen LogP contribution in [0.4, 0.5) is 11.4 Å². The number of benzene rings is 8. The number of fused-ring (bicyclic) bond motifs is 9. The monoisotopic (exact) mass is 728 g/mol. The Labute approximate surface area is 330 Å². The lowest BCUT2D eigenvalue weighted by molar-refractivity contribution is 0.668. The molecule has 0 saturated carbocycles. The molecule has 3 heterocycles. The van der Waals surface area contributed by atoms with Crippen LogP contribution in [0.25, 0.3) is 82.8 Å². The Balaban J connectivity index is 1.08. The second-order valence-electron chi connectivity index (χ2n) is 15.2. The zero-order chi connectivity index (χ0) is 37.5. The van der Waals surface area contributed by atoms with Gasteiger partial charge in [0, 0.05) is 38.7 Å². The highest BCUT2D eigenvalue weighted by atomic mass is 16.3. The van der Waals surface area contributed by atoms with Crippen molar-refractivity contribution in [1.82, 2.24) is 4.57 Å². The molecule has 0 fully saturated rings. The summed E-state index contributed by atoms with van der Waals surface area (Å²) < 4.78 is 9.32. The van der Waals surface area contributed by atoms with Gasteiger partial charge in [0.15, 0.2) is 5.58 Å². The van der Waals surface area contributed by atoms with E-state index in [9.17, 15) is 0 Å². The summed E-state index contributed by atoms with van der Waals surface area (Å²) >= 11 is 0. The molecule has 8 aromatic carbocycles. The van der Waals surface area contributed by atoms with Gasteiger partial charge in [-0.3, -0.25) is 0 Å². The molecule has 268 valence electrons. The standard InChI is InChI=1S/C54H36N2O/c1-3-16-35(17-4-1)38-20-7-11-25-45(38)55-46-26-12-8-21-41(46)42-31-30-37(34-50(42)55)39-24-15-28-48-52(39)43-22-9-13-27-47(43)56(48)49-33-32-40(36-18-5-2-6-19-36)53-44-23-10-14-29-51(44)57-54(49)53/h1-21,23-34,43H,22H2. The molecule has 0 bridgehead atoms. The molecule has 1 unspecified atom stereocenters. The first-order valence-corrected chi connectivity index (χ1v) is 19.8. The van der Waals surface area contributed by atoms with Crippen LogP contribution in [-0.2, 0) is 0 Å². The summed E-state index contributed by atoms with van der Waals surface area (Å²) in [6, 6.07) is 65.9. The van der Waals surface area contributed by atoms with Crippen LogP contribution >= 0.6 is 0 Å². The molecule has 0 N–H and O–H groups in total. The second-order valence-corrected chi connectivity index (χ2v) is 15.2. The zero-order valence-corrected chi connectivity index (χ0v) is 31.1. The highest BCUT2D eigenvalue weighted by molar-refractivity contribution is 6.17. The largest absolute Gasteiger partial charge is 0.454 e. The van der Waals surface area contributed by atoms with Crippen molar-refractivity contribution in [1.29, 1.82) is 0 Å². The van der Waals surface area contributed by atoms with Crippen molar-refractivity contribution in [3.63, 3.8) is 0 Å². The molecule has 3 nitrogen and oxygen atoms in total. The van der Waals surface area contributed by atoms with Crippen molar-refractivity contribution in [2.24, 2.45) is 0 Å². The fourth-order valence-corrected chi connectivity index (χ4v) is 9.67. The maximum Gasteiger partial charge on any atom is 0.160 e. The van der Waals surface area contributed by atoms with Gasteiger partial charge in [-0.25, -0.2) is 0 Å². The average Bonchev–Trinajstić information content (AvgIpc) is 3.95. The van der Waals surface area contributed by atoms with E-state index in [4.69, 9.17) is 4.42 Å². The van der Waals surface area contributed by atoms with Gasteiger partial charge in [0.2, 0.25) is 0 Å². The second kappa shape index (κ2) is 12.6. The first-order valence-electron chi connectivity index (χ1n) is 19.8. The highest BCUT2D eigenvalue weighted by Crippen LogP contribution is 2.56. The van der Waals surface area contributed by atoms with Crippen molar-refractivity contribution in [2.75, 3.05) is 4.90 Å². The van der Waals surface area contributed by atoms with Crippen LogP contribution in [-0.4, -0.2) is 4.57 Å². The molecule has 0 radical (unpaired) electrons. The number of hydrogen-bond donors (Lipinski definition) is 0. The van der Waals surface area contributed by atoms with Crippen LogP contribution in [0.2, 0.25) is 0 Å². The van der Waals surface area contributed by atoms with E-state index in [2.05, 4.69) is 210 Å². The first kappa shape index (κ1) is 31.9. The van der Waals surface area contributed by atoms with E-state index >= 15 is 0 Å². The third-order valence-electron chi connectivity index (χ3n) is 12.1. The van der Waals surface area contributed by atoms with E-state index in [-0.39, 0.29) is 5.92 Å². The van der Waals surface area contributed by atoms with Gasteiger partial charge in [-0.2, -0.15) is 0 Å². The van der Waals surface area contributed by atoms with Crippen LogP contribution in [0.1, 0.15) is 17.9 Å². The number of anilines is 2. The van der Waals surface area contributed by atoms with Crippen LogP contribution in [0.15, 0.2) is 210 Å². The molecule has 3 heteroatoms. The molecule has 2 aromatic heterocycles. The number of allylic oxidation sites excluding steroid dienone is 4. The van der Waals surface area contributed by atoms with Crippen LogP contribution < -0.4 is 4.90 Å². The molecule has 57 heavy (non-hydrogen) atoms. The Morgan fingerprint density at radius 1 is 0.474 bits per heavy atom. The van der Waals surface area contributed by atoms with Crippen molar-refractivity contribution in [3.05, 3.63) is 211 Å². The first-order chi connectivity index (χ1) is 28.3. The molecule has 1 aliphatic carbocycles. The summed E-state index contributed by atoms with van der Waals surface area (Å²) in [7, 11) is 0. The lowest BCUT2D eigenvalue weighted by atomic mass is 9.86. The van der Waals surface area contributed by atoms with Gasteiger partial charge in [0.05, 0.1) is 28.1 Å². The minimum absolute atomic E-state index is 0.204. The van der Waals surface area contributed by atoms with E-state index in [1.807, 2.05) is 0 Å². The maximum absolute atomic E-state index is 6.85. The molecule has 1 atom stereocenters. The van der Waals surface area contributed by atoms with Crippen molar-refractivity contribution in [2.45, 2.75) is 12.3 Å². The van der Waals surface area contributed by atoms with Crippen molar-refractivity contribution in [3.8, 4) is 39.1 Å². The molecular weight excluding hydrogens is 693 g/mol. The minimum Gasteiger partial charge on any atom is -0.454 e. The summed E-state index contributed by atoms with van der Waals surface area (Å²) in [6.07, 6.45) is 7.77. The third-order valence-corrected chi connectivity index (χ3v) is 12.1. The molecular formula is C54H36N2O. The Bertz CT molecular complexity index is 3270. The fourth-order valence-electron chi connectivity index (χ4n) is 9.67. The predicted molar refractivity (Wildman–Crippen MR) is 238 cm³/mol. The lowest BCUT2D eigenvalue weighted by Gasteiger charge is -2.25. The third kappa shape index (κ3) is 4.79. The molecule has 0 saturated heterocycles. The summed E-state index contributed by atoms with van der Waals surface area (Å²) in [5.41, 5.74) is 17.5. The quantitative estimate of drug-likeness (QED) is 0.176. The van der Waals surface area contributed by atoms with Gasteiger partial charge in [-0.1, -0.05) is 158 Å². The van der Waals surface area contributed by atoms with Gasteiger partial charge in [-0.15, -0.1) is 0 Å². The topological polar surface area (TPSA) is 21.3 Å². The summed E-state index contributed by atoms with van der Waals surface area (Å²) in [4.78, 5) is 2.47. The average molecular weight is 729 g/mol. The summed E-state index contributed by atoms with van der Waals surface area (Å²) in [5.74, 6) is 0.204. The van der Waals surface area contributed by atoms with Gasteiger partial charge < -0.3 is 13.9 Å². The molecule has 12 rings (SSSR count). The lowest BCUT2D eigenvalue weighted by Crippen LogP contribution is -2.14. The number of aromatic nitrogens is 1. The SMILES string of the molecule is C1=CCC2C(=C1)N(c1ccc(-c3ccccc3)c3c1oc1ccccc13)c1cccc(-c3ccc4c5ccccc5n(-c5ccccc5-c5ccccc5)c4c3)c12. The van der Waals surface area contributed by atoms with Crippen LogP contribution in [0, 0.1) is 0 Å². The number of furan rings is 1. The number of hydrogen-bond acceptors (Lipinski definition) is 2. The van der Waals surface area contributed by atoms with Crippen molar-refractivity contribution >= 4 is 55.1 Å². The van der Waals surface area contributed by atoms with E-state index in [0.717, 1.165) is 34.0 Å². The zero-order valence-electron chi connectivity index (χ0n) is 31.1.